The van der Waals surface area contributed by atoms with Gasteiger partial charge in [0.2, 0.25) is 17.5 Å². The Morgan fingerprint density at radius 1 is 0.943 bits per heavy atom. The van der Waals surface area contributed by atoms with Crippen LogP contribution in [0.3, 0.4) is 0 Å². The molecule has 1 N–H and O–H groups in total. The van der Waals surface area contributed by atoms with Crippen molar-refractivity contribution >= 4 is 52.5 Å². The Bertz CT molecular complexity index is 2060. The fraction of sp³-hybridized carbons (Fsp3) is 0.400. The number of nitrogens with zero attached hydrogens (tertiary/aromatic N) is 5. The molecule has 3 saturated heterocycles. The molecule has 0 aromatic heterocycles. The molecule has 2 atom stereocenters. The number of benzene rings is 3. The van der Waals surface area contributed by atoms with Gasteiger partial charge < -0.3 is 14.5 Å². The predicted octanol–water partition coefficient (Wildman–Crippen LogP) is 5.21. The fourth-order valence-corrected chi connectivity index (χ4v) is 8.52. The number of rotatable bonds is 7. The molecule has 5 amide bonds. The van der Waals surface area contributed by atoms with E-state index in [2.05, 4.69) is 20.0 Å². The summed E-state index contributed by atoms with van der Waals surface area (Å²) in [4.78, 5) is 75.0. The number of ether oxygens (including phenoxy) is 1. The molecule has 0 aliphatic carbocycles. The highest BCUT2D eigenvalue weighted by Crippen LogP contribution is 2.38. The van der Waals surface area contributed by atoms with Gasteiger partial charge in [-0.05, 0) is 98.7 Å². The minimum atomic E-state index is -0.964. The summed E-state index contributed by atoms with van der Waals surface area (Å²) < 4.78 is 6.14. The first-order valence-electron chi connectivity index (χ1n) is 18.0. The van der Waals surface area contributed by atoms with Crippen LogP contribution in [0.1, 0.15) is 81.7 Å². The second-order valence-electron chi connectivity index (χ2n) is 15.2. The molecule has 0 spiro atoms. The number of halogens is 1. The molecule has 1 unspecified atom stereocenters. The van der Waals surface area contributed by atoms with Crippen molar-refractivity contribution < 1.29 is 28.7 Å². The highest BCUT2D eigenvalue weighted by Gasteiger charge is 2.51. The molecule has 53 heavy (non-hydrogen) atoms. The van der Waals surface area contributed by atoms with Gasteiger partial charge >= 0.3 is 0 Å². The Hall–Kier alpha value is -5.25. The van der Waals surface area contributed by atoms with Gasteiger partial charge in [-0.25, -0.2) is 4.85 Å². The van der Waals surface area contributed by atoms with Crippen LogP contribution in [0.25, 0.3) is 4.85 Å². The van der Waals surface area contributed by atoms with E-state index in [1.54, 1.807) is 18.2 Å². The first kappa shape index (κ1) is 34.8. The van der Waals surface area contributed by atoms with Crippen molar-refractivity contribution in [3.8, 4) is 5.75 Å². The number of imide groups is 2. The number of fused-ring (bicyclic) bond motifs is 2. The van der Waals surface area contributed by atoms with Crippen molar-refractivity contribution in [2.45, 2.75) is 70.3 Å². The zero-order chi connectivity index (χ0) is 37.2. The van der Waals surface area contributed by atoms with Gasteiger partial charge in [-0.2, -0.15) is 0 Å². The fourth-order valence-electron chi connectivity index (χ4n) is 8.31. The largest absolute Gasteiger partial charge is 0.486 e. The maximum absolute atomic E-state index is 13.5. The van der Waals surface area contributed by atoms with Crippen LogP contribution in [0.4, 0.5) is 11.4 Å². The van der Waals surface area contributed by atoms with E-state index in [1.165, 1.54) is 0 Å². The normalized spacial score (nSPS) is 22.6. The van der Waals surface area contributed by atoms with Crippen molar-refractivity contribution in [1.29, 1.82) is 0 Å². The van der Waals surface area contributed by atoms with E-state index in [4.69, 9.17) is 22.9 Å². The second kappa shape index (κ2) is 13.3. The number of hydrogen-bond donors (Lipinski definition) is 1. The monoisotopic (exact) mass is 734 g/mol. The van der Waals surface area contributed by atoms with Gasteiger partial charge in [-0.1, -0.05) is 17.7 Å². The first-order valence-corrected chi connectivity index (χ1v) is 18.4. The van der Waals surface area contributed by atoms with Crippen molar-refractivity contribution in [1.82, 2.24) is 20.0 Å². The van der Waals surface area contributed by atoms with Crippen molar-refractivity contribution in [2.24, 2.45) is 5.92 Å². The Morgan fingerprint density at radius 3 is 2.19 bits per heavy atom. The Labute approximate surface area is 312 Å². The molecule has 0 radical (unpaired) electrons. The van der Waals surface area contributed by atoms with E-state index in [9.17, 15) is 24.0 Å². The zero-order valence-corrected chi connectivity index (χ0v) is 30.3. The van der Waals surface area contributed by atoms with E-state index in [0.717, 1.165) is 54.2 Å². The van der Waals surface area contributed by atoms with Crippen molar-refractivity contribution in [3.63, 3.8) is 0 Å². The molecule has 272 valence electrons. The van der Waals surface area contributed by atoms with Crippen LogP contribution in [-0.2, 0) is 22.7 Å². The third kappa shape index (κ3) is 6.21. The zero-order valence-electron chi connectivity index (χ0n) is 29.6. The average Bonchev–Trinajstić information content (AvgIpc) is 3.65. The number of hydrogen-bond acceptors (Lipinski definition) is 8. The summed E-state index contributed by atoms with van der Waals surface area (Å²) in [6, 6.07) is 15.5. The summed E-state index contributed by atoms with van der Waals surface area (Å²) in [5.41, 5.74) is 4.30. The van der Waals surface area contributed by atoms with Crippen LogP contribution in [0.5, 0.6) is 5.75 Å². The van der Waals surface area contributed by atoms with Gasteiger partial charge in [0.05, 0.1) is 34.8 Å². The lowest BCUT2D eigenvalue weighted by Crippen LogP contribution is -2.71. The predicted molar refractivity (Wildman–Crippen MR) is 196 cm³/mol. The van der Waals surface area contributed by atoms with Crippen LogP contribution in [0.2, 0.25) is 5.02 Å². The van der Waals surface area contributed by atoms with E-state index in [0.29, 0.717) is 58.7 Å². The van der Waals surface area contributed by atoms with Gasteiger partial charge in [0.1, 0.15) is 17.9 Å². The molecule has 12 nitrogen and oxygen atoms in total. The number of likely N-dealkylation sites (tertiary alicyclic amines) is 1. The third-order valence-corrected chi connectivity index (χ3v) is 11.9. The lowest BCUT2D eigenvalue weighted by molar-refractivity contribution is -0.136. The van der Waals surface area contributed by atoms with E-state index < -0.39 is 35.2 Å². The first-order chi connectivity index (χ1) is 25.4. The summed E-state index contributed by atoms with van der Waals surface area (Å²) >= 11 is 6.18. The second-order valence-corrected chi connectivity index (χ2v) is 15.6. The van der Waals surface area contributed by atoms with Crippen molar-refractivity contribution in [2.75, 3.05) is 31.1 Å². The van der Waals surface area contributed by atoms with Crippen LogP contribution in [-0.4, -0.2) is 88.1 Å². The summed E-state index contributed by atoms with van der Waals surface area (Å²) in [6.45, 7) is 15.7. The SMILES string of the molecule is [C-]#[N+]c1ccc(O[C@H]2CN(C(=O)c3ccc(N4CCC(CN5Cc6cc7c(cc6C5)C(=O)N(C5CCC(=O)NC5=O)C7=O)CC4)cc3)C2(C)C)cc1Cl. The molecular weight excluding hydrogens is 696 g/mol. The lowest BCUT2D eigenvalue weighted by atomic mass is 9.84. The minimum absolute atomic E-state index is 0.0429. The summed E-state index contributed by atoms with van der Waals surface area (Å²) in [6.07, 6.45) is 2.08. The summed E-state index contributed by atoms with van der Waals surface area (Å²) in [5.74, 6) is -0.899. The molecular formula is C40H39ClN6O6. The Balaban J connectivity index is 0.822. The maximum atomic E-state index is 13.5. The molecule has 0 saturated carbocycles. The van der Waals surface area contributed by atoms with Gasteiger partial charge in [-0.3, -0.25) is 39.1 Å². The number of anilines is 1. The number of carbonyl (C=O) groups is 5. The molecule has 5 aliphatic rings. The Kier molecular flexibility index (Phi) is 8.74. The van der Waals surface area contributed by atoms with E-state index >= 15 is 0 Å². The molecule has 3 aromatic carbocycles. The third-order valence-electron chi connectivity index (χ3n) is 11.6. The number of piperidine rings is 2. The quantitative estimate of drug-likeness (QED) is 0.260. The minimum Gasteiger partial charge on any atom is -0.486 e. The standard InChI is InChI=1S/C40H39ClN6O6/c1-40(2)34(53-28-8-9-32(42-3)31(41)18-28)22-46(40)37(50)24-4-6-27(7-5-24)45-14-12-23(13-15-45)19-44-20-25-16-29-30(17-26(25)21-44)39(52)47(38(29)51)33-10-11-35(48)43-36(33)49/h4-9,16-18,23,33-34H,10-15,19-22H2,1-2H3,(H,43,48,49)/t33?,34-/m0/s1. The van der Waals surface area contributed by atoms with Crippen LogP contribution < -0.4 is 15.0 Å². The number of carbonyl (C=O) groups excluding carboxylic acids is 5. The maximum Gasteiger partial charge on any atom is 0.262 e. The smallest absolute Gasteiger partial charge is 0.262 e. The average molecular weight is 735 g/mol. The van der Waals surface area contributed by atoms with Crippen LogP contribution >= 0.6 is 11.6 Å². The van der Waals surface area contributed by atoms with E-state index in [-0.39, 0.29) is 24.9 Å². The van der Waals surface area contributed by atoms with Crippen LogP contribution in [0, 0.1) is 12.5 Å². The number of amides is 5. The lowest BCUT2D eigenvalue weighted by Gasteiger charge is -2.54. The molecule has 0 bridgehead atoms. The van der Waals surface area contributed by atoms with Gasteiger partial charge in [0, 0.05) is 50.4 Å². The number of nitrogens with one attached hydrogen (secondary N) is 1. The molecule has 3 aromatic rings. The van der Waals surface area contributed by atoms with Crippen molar-refractivity contribution in [3.05, 3.63) is 98.9 Å². The Morgan fingerprint density at radius 2 is 1.60 bits per heavy atom. The van der Waals surface area contributed by atoms with Gasteiger partial charge in [-0.15, -0.1) is 0 Å². The summed E-state index contributed by atoms with van der Waals surface area (Å²) in [5, 5.41) is 2.59. The highest BCUT2D eigenvalue weighted by molar-refractivity contribution is 6.33. The molecule has 5 heterocycles. The molecule has 5 aliphatic heterocycles. The van der Waals surface area contributed by atoms with Crippen LogP contribution in [0.15, 0.2) is 54.6 Å². The van der Waals surface area contributed by atoms with Gasteiger partial charge in [0.25, 0.3) is 17.7 Å². The summed E-state index contributed by atoms with van der Waals surface area (Å²) in [7, 11) is 0. The molecule has 13 heteroatoms. The molecule has 3 fully saturated rings. The highest BCUT2D eigenvalue weighted by atomic mass is 35.5. The van der Waals surface area contributed by atoms with Gasteiger partial charge in [0.15, 0.2) is 0 Å². The topological polar surface area (TPSA) is 124 Å². The molecule has 8 rings (SSSR count). The van der Waals surface area contributed by atoms with E-state index in [1.807, 2.05) is 55.1 Å².